The summed E-state index contributed by atoms with van der Waals surface area (Å²) >= 11 is 0. The zero-order chi connectivity index (χ0) is 23.5. The number of amides is 1. The van der Waals surface area contributed by atoms with Crippen molar-refractivity contribution in [3.05, 3.63) is 47.5 Å². The Morgan fingerprint density at radius 1 is 1.12 bits per heavy atom. The number of unbranched alkanes of at least 4 members (excludes halogenated alkanes) is 1. The summed E-state index contributed by atoms with van der Waals surface area (Å²) in [5.74, 6) is -1.06. The lowest BCUT2D eigenvalue weighted by atomic mass is 9.84. The predicted molar refractivity (Wildman–Crippen MR) is 127 cm³/mol. The van der Waals surface area contributed by atoms with Crippen LogP contribution in [0.3, 0.4) is 0 Å². The Hall–Kier alpha value is -3.09. The third kappa shape index (κ3) is 8.75. The van der Waals surface area contributed by atoms with Gasteiger partial charge in [-0.25, -0.2) is 4.79 Å². The van der Waals surface area contributed by atoms with Crippen molar-refractivity contribution in [2.75, 3.05) is 13.1 Å². The molecular weight excluding hydrogens is 418 g/mol. The van der Waals surface area contributed by atoms with Gasteiger partial charge in [-0.3, -0.25) is 20.0 Å². The molecule has 0 bridgehead atoms. The quantitative estimate of drug-likeness (QED) is 0.253. The summed E-state index contributed by atoms with van der Waals surface area (Å²) < 4.78 is 5.28. The van der Waals surface area contributed by atoms with E-state index in [1.54, 1.807) is 0 Å². The summed E-state index contributed by atoms with van der Waals surface area (Å²) in [6, 6.07) is 9.33. The molecule has 33 heavy (non-hydrogen) atoms. The Balaban J connectivity index is 1.48. The number of allylic oxidation sites excluding steroid dienone is 2. The lowest BCUT2D eigenvalue weighted by Crippen LogP contribution is -2.27. The van der Waals surface area contributed by atoms with Gasteiger partial charge in [-0.1, -0.05) is 42.8 Å². The number of benzene rings is 1. The van der Waals surface area contributed by atoms with Gasteiger partial charge >= 0.3 is 5.97 Å². The fourth-order valence-corrected chi connectivity index (χ4v) is 3.95. The maximum atomic E-state index is 13.1. The molecule has 2 aliphatic rings. The predicted octanol–water partition coefficient (Wildman–Crippen LogP) is 3.96. The van der Waals surface area contributed by atoms with Crippen molar-refractivity contribution >= 4 is 29.1 Å². The first-order chi connectivity index (χ1) is 16.0. The van der Waals surface area contributed by atoms with Crippen LogP contribution < -0.4 is 5.32 Å². The highest BCUT2D eigenvalue weighted by Crippen LogP contribution is 2.25. The van der Waals surface area contributed by atoms with Gasteiger partial charge in [-0.15, -0.1) is 0 Å². The van der Waals surface area contributed by atoms with Crippen LogP contribution in [-0.2, 0) is 25.7 Å². The van der Waals surface area contributed by atoms with Crippen molar-refractivity contribution in [2.24, 2.45) is 10.9 Å². The number of nitrogens with one attached hydrogen (secondary N) is 2. The Labute approximate surface area is 195 Å². The van der Waals surface area contributed by atoms with Gasteiger partial charge in [0, 0.05) is 24.6 Å². The minimum atomic E-state index is -0.676. The van der Waals surface area contributed by atoms with Crippen molar-refractivity contribution in [1.82, 2.24) is 5.32 Å². The molecule has 7 heteroatoms. The molecule has 1 atom stereocenters. The van der Waals surface area contributed by atoms with Crippen LogP contribution >= 0.6 is 0 Å². The molecule has 2 N–H and O–H groups in total. The first-order valence-electron chi connectivity index (χ1n) is 11.8. The topological polar surface area (TPSA) is 109 Å². The van der Waals surface area contributed by atoms with Gasteiger partial charge in [-0.2, -0.15) is 0 Å². The van der Waals surface area contributed by atoms with Crippen molar-refractivity contribution in [3.63, 3.8) is 0 Å². The molecule has 0 saturated carbocycles. The molecule has 0 radical (unpaired) electrons. The molecule has 1 amide bonds. The second-order valence-corrected chi connectivity index (χ2v) is 8.69. The van der Waals surface area contributed by atoms with Crippen LogP contribution in [0.15, 0.2) is 47.0 Å². The molecule has 1 unspecified atom stereocenters. The van der Waals surface area contributed by atoms with Crippen LogP contribution in [0.25, 0.3) is 0 Å². The molecule has 1 heterocycles. The molecule has 0 spiro atoms. The second-order valence-electron chi connectivity index (χ2n) is 8.69. The maximum absolute atomic E-state index is 13.1. The normalized spacial score (nSPS) is 15.6. The molecule has 7 nitrogen and oxygen atoms in total. The Bertz CT molecular complexity index is 921. The summed E-state index contributed by atoms with van der Waals surface area (Å²) in [5, 5.41) is 11.1. The van der Waals surface area contributed by atoms with E-state index in [1.807, 2.05) is 36.4 Å². The van der Waals surface area contributed by atoms with E-state index in [-0.39, 0.29) is 30.4 Å². The maximum Gasteiger partial charge on any atom is 0.352 e. The van der Waals surface area contributed by atoms with Crippen LogP contribution in [0.5, 0.6) is 0 Å². The summed E-state index contributed by atoms with van der Waals surface area (Å²) in [6.07, 6.45) is 8.28. The lowest BCUT2D eigenvalue weighted by molar-refractivity contribution is -0.137. The van der Waals surface area contributed by atoms with E-state index in [1.165, 1.54) is 0 Å². The fourth-order valence-electron chi connectivity index (χ4n) is 3.95. The number of ether oxygens (including phenoxy) is 1. The first kappa shape index (κ1) is 24.6. The number of aliphatic imine (C=N–C) groups is 1. The van der Waals surface area contributed by atoms with Crippen molar-refractivity contribution in [2.45, 2.75) is 64.4 Å². The zero-order valence-electron chi connectivity index (χ0n) is 19.1. The summed E-state index contributed by atoms with van der Waals surface area (Å²) in [4.78, 5) is 41.3. The zero-order valence-corrected chi connectivity index (χ0v) is 19.1. The number of nitrogens with zero attached hydrogens (tertiary/aromatic N) is 1. The monoisotopic (exact) mass is 451 g/mol. The molecule has 0 fully saturated rings. The average molecular weight is 452 g/mol. The highest BCUT2D eigenvalue weighted by atomic mass is 16.5. The number of hydrogen-bond acceptors (Lipinski definition) is 6. The van der Waals surface area contributed by atoms with E-state index < -0.39 is 11.9 Å². The fraction of sp³-hybridized carbons (Fsp3) is 0.500. The lowest BCUT2D eigenvalue weighted by Gasteiger charge is -2.20. The van der Waals surface area contributed by atoms with Crippen LogP contribution in [-0.4, -0.2) is 42.2 Å². The molecule has 176 valence electrons. The number of Topliss-reactive ketones (excluding diaryl/α,β-unsaturated/α-hetero) is 1. The van der Waals surface area contributed by atoms with Gasteiger partial charge in [0.2, 0.25) is 5.91 Å². The molecule has 1 aliphatic carbocycles. The van der Waals surface area contributed by atoms with E-state index in [0.717, 1.165) is 55.4 Å². The third-order valence-corrected chi connectivity index (χ3v) is 5.94. The first-order valence-corrected chi connectivity index (χ1v) is 11.8. The highest BCUT2D eigenvalue weighted by molar-refractivity contribution is 6.35. The summed E-state index contributed by atoms with van der Waals surface area (Å²) in [5.41, 5.74) is 2.46. The SMILES string of the molecule is N=C(CC(CCCCNC(=O)CC1=NC1)C(=O)C1=CCCCC1)C(=O)OCc1ccccc1. The van der Waals surface area contributed by atoms with E-state index in [0.29, 0.717) is 25.9 Å². The number of carbonyl (C=O) groups excluding carboxylic acids is 3. The molecule has 0 saturated heterocycles. The molecular formula is C26H33N3O4. The van der Waals surface area contributed by atoms with Gasteiger partial charge in [-0.05, 0) is 49.7 Å². The van der Waals surface area contributed by atoms with Crippen LogP contribution in [0.4, 0.5) is 0 Å². The van der Waals surface area contributed by atoms with Gasteiger partial charge < -0.3 is 10.1 Å². The third-order valence-electron chi connectivity index (χ3n) is 5.94. The Kier molecular flexibility index (Phi) is 9.54. The standard InChI is InChI=1S/C26H33N3O4/c27-23(26(32)33-18-19-9-3-1-4-10-19)15-21(25(31)20-11-5-2-6-12-20)13-7-8-14-28-24(30)16-22-17-29-22/h1,3-4,9-11,21,27H,2,5-8,12-18H2,(H,28,30). The average Bonchev–Trinajstić information content (AvgIpc) is 3.66. The van der Waals surface area contributed by atoms with E-state index in [9.17, 15) is 14.4 Å². The van der Waals surface area contributed by atoms with E-state index >= 15 is 0 Å². The molecule has 1 aliphatic heterocycles. The number of carbonyl (C=O) groups is 3. The summed E-state index contributed by atoms with van der Waals surface area (Å²) in [7, 11) is 0. The van der Waals surface area contributed by atoms with Crippen molar-refractivity contribution in [1.29, 1.82) is 5.41 Å². The van der Waals surface area contributed by atoms with Crippen molar-refractivity contribution < 1.29 is 19.1 Å². The van der Waals surface area contributed by atoms with Crippen LogP contribution in [0, 0.1) is 11.3 Å². The smallest absolute Gasteiger partial charge is 0.352 e. The molecule has 0 aromatic heterocycles. The number of ketones is 1. The minimum absolute atomic E-state index is 0.0193. The highest BCUT2D eigenvalue weighted by Gasteiger charge is 2.26. The van der Waals surface area contributed by atoms with Gasteiger partial charge in [0.05, 0.1) is 13.0 Å². The molecule has 3 rings (SSSR count). The summed E-state index contributed by atoms with van der Waals surface area (Å²) in [6.45, 7) is 1.36. The van der Waals surface area contributed by atoms with E-state index in [4.69, 9.17) is 10.1 Å². The minimum Gasteiger partial charge on any atom is -0.456 e. The number of esters is 1. The second kappa shape index (κ2) is 12.8. The largest absolute Gasteiger partial charge is 0.456 e. The van der Waals surface area contributed by atoms with Gasteiger partial charge in [0.25, 0.3) is 0 Å². The number of hydrogen-bond donors (Lipinski definition) is 2. The molecule has 1 aromatic carbocycles. The van der Waals surface area contributed by atoms with Crippen LogP contribution in [0.2, 0.25) is 0 Å². The van der Waals surface area contributed by atoms with Crippen molar-refractivity contribution in [3.8, 4) is 0 Å². The van der Waals surface area contributed by atoms with Gasteiger partial charge in [0.15, 0.2) is 5.78 Å². The number of rotatable bonds is 14. The Morgan fingerprint density at radius 2 is 1.91 bits per heavy atom. The van der Waals surface area contributed by atoms with Crippen LogP contribution in [0.1, 0.15) is 63.4 Å². The van der Waals surface area contributed by atoms with Gasteiger partial charge in [0.1, 0.15) is 12.3 Å². The van der Waals surface area contributed by atoms with E-state index in [2.05, 4.69) is 10.3 Å². The Morgan fingerprint density at radius 3 is 2.61 bits per heavy atom. The molecule has 1 aromatic rings.